The smallest absolute Gasteiger partial charge is 0.261 e. The number of rotatable bonds is 5. The molecule has 0 unspecified atom stereocenters. The molecule has 1 aliphatic rings. The van der Waals surface area contributed by atoms with Crippen molar-refractivity contribution in [3.05, 3.63) is 21.3 Å². The van der Waals surface area contributed by atoms with E-state index in [-0.39, 0.29) is 5.91 Å². The van der Waals surface area contributed by atoms with Gasteiger partial charge in [-0.15, -0.1) is 11.3 Å². The van der Waals surface area contributed by atoms with Gasteiger partial charge in [0.25, 0.3) is 5.91 Å². The Hall–Kier alpha value is -0.0600. The van der Waals surface area contributed by atoms with Crippen LogP contribution in [0.3, 0.4) is 0 Å². The molecule has 88 valence electrons. The van der Waals surface area contributed by atoms with Crippen LogP contribution in [0.15, 0.2) is 12.1 Å². The number of carbonyl (C=O) groups excluding carboxylic acids is 1. The van der Waals surface area contributed by atoms with Crippen LogP contribution in [0.2, 0.25) is 4.34 Å². The van der Waals surface area contributed by atoms with Crippen molar-refractivity contribution in [3.63, 3.8) is 0 Å². The molecule has 1 aliphatic carbocycles. The zero-order chi connectivity index (χ0) is 11.6. The average molecular weight is 323 g/mol. The summed E-state index contributed by atoms with van der Waals surface area (Å²) < 4.78 is 0.659. The largest absolute Gasteiger partial charge is 0.351 e. The maximum absolute atomic E-state index is 11.8. The number of nitrogens with one attached hydrogen (secondary N) is 1. The SMILES string of the molecule is O=C(NCC1(CCBr)CC1)c1ccc(Cl)s1. The van der Waals surface area contributed by atoms with Crippen LogP contribution >= 0.6 is 38.9 Å². The summed E-state index contributed by atoms with van der Waals surface area (Å²) in [5.41, 5.74) is 0.361. The number of hydrogen-bond donors (Lipinski definition) is 1. The van der Waals surface area contributed by atoms with E-state index in [2.05, 4.69) is 21.2 Å². The Balaban J connectivity index is 1.84. The fraction of sp³-hybridized carbons (Fsp3) is 0.545. The molecule has 1 aromatic rings. The van der Waals surface area contributed by atoms with Crippen molar-refractivity contribution in [2.45, 2.75) is 19.3 Å². The van der Waals surface area contributed by atoms with Crippen molar-refractivity contribution < 1.29 is 4.79 Å². The molecule has 0 saturated heterocycles. The molecule has 1 saturated carbocycles. The van der Waals surface area contributed by atoms with E-state index in [1.165, 1.54) is 24.2 Å². The molecule has 2 nitrogen and oxygen atoms in total. The summed E-state index contributed by atoms with van der Waals surface area (Å²) in [4.78, 5) is 12.5. The second-order valence-corrected chi connectivity index (χ2v) is 6.73. The van der Waals surface area contributed by atoms with E-state index in [4.69, 9.17) is 11.6 Å². The average Bonchev–Trinajstić information content (AvgIpc) is 2.89. The van der Waals surface area contributed by atoms with Crippen LogP contribution in [0.25, 0.3) is 0 Å². The minimum absolute atomic E-state index is 0.00209. The molecule has 0 atom stereocenters. The Labute approximate surface area is 113 Å². The van der Waals surface area contributed by atoms with Crippen molar-refractivity contribution in [2.75, 3.05) is 11.9 Å². The normalized spacial score (nSPS) is 17.1. The van der Waals surface area contributed by atoms with Gasteiger partial charge in [-0.2, -0.15) is 0 Å². The highest BCUT2D eigenvalue weighted by atomic mass is 79.9. The summed E-state index contributed by atoms with van der Waals surface area (Å²) in [6.07, 6.45) is 3.59. The predicted octanol–water partition coefficient (Wildman–Crippen LogP) is 3.70. The van der Waals surface area contributed by atoms with Crippen LogP contribution in [0, 0.1) is 5.41 Å². The molecule has 0 bridgehead atoms. The van der Waals surface area contributed by atoms with Crippen LogP contribution in [-0.2, 0) is 0 Å². The van der Waals surface area contributed by atoms with Crippen LogP contribution < -0.4 is 5.32 Å². The summed E-state index contributed by atoms with van der Waals surface area (Å²) in [7, 11) is 0. The maximum Gasteiger partial charge on any atom is 0.261 e. The molecule has 1 heterocycles. The first-order valence-electron chi connectivity index (χ1n) is 5.25. The molecule has 0 aliphatic heterocycles. The molecule has 2 rings (SSSR count). The fourth-order valence-corrected chi connectivity index (χ4v) is 3.48. The van der Waals surface area contributed by atoms with E-state index in [0.717, 1.165) is 18.3 Å². The van der Waals surface area contributed by atoms with E-state index in [1.54, 1.807) is 12.1 Å². The summed E-state index contributed by atoms with van der Waals surface area (Å²) in [5, 5.41) is 4.00. The van der Waals surface area contributed by atoms with Crippen molar-refractivity contribution in [3.8, 4) is 0 Å². The molecule has 0 aromatic carbocycles. The van der Waals surface area contributed by atoms with Gasteiger partial charge in [0.1, 0.15) is 0 Å². The van der Waals surface area contributed by atoms with E-state index in [0.29, 0.717) is 14.6 Å². The standard InChI is InChI=1S/C11H13BrClNOS/c12-6-5-11(3-4-11)7-14-10(15)8-1-2-9(13)16-8/h1-2H,3-7H2,(H,14,15). The van der Waals surface area contributed by atoms with Gasteiger partial charge >= 0.3 is 0 Å². The minimum Gasteiger partial charge on any atom is -0.351 e. The van der Waals surface area contributed by atoms with Crippen LogP contribution in [0.4, 0.5) is 0 Å². The first kappa shape index (κ1) is 12.4. The number of halogens is 2. The highest BCUT2D eigenvalue weighted by Crippen LogP contribution is 2.48. The summed E-state index contributed by atoms with van der Waals surface area (Å²) >= 11 is 10.6. The van der Waals surface area contributed by atoms with Gasteiger partial charge in [-0.05, 0) is 36.8 Å². The Morgan fingerprint density at radius 3 is 2.81 bits per heavy atom. The molecular weight excluding hydrogens is 310 g/mol. The molecule has 16 heavy (non-hydrogen) atoms. The highest BCUT2D eigenvalue weighted by molar-refractivity contribution is 9.09. The third-order valence-electron chi connectivity index (χ3n) is 3.00. The Morgan fingerprint density at radius 2 is 2.31 bits per heavy atom. The number of amides is 1. The van der Waals surface area contributed by atoms with Gasteiger partial charge in [0, 0.05) is 11.9 Å². The molecule has 0 radical (unpaired) electrons. The van der Waals surface area contributed by atoms with Crippen LogP contribution in [0.1, 0.15) is 28.9 Å². The first-order chi connectivity index (χ1) is 7.65. The predicted molar refractivity (Wildman–Crippen MR) is 71.7 cm³/mol. The zero-order valence-electron chi connectivity index (χ0n) is 8.76. The van der Waals surface area contributed by atoms with Gasteiger partial charge in [-0.25, -0.2) is 0 Å². The first-order valence-corrected chi connectivity index (χ1v) is 7.56. The van der Waals surface area contributed by atoms with E-state index < -0.39 is 0 Å². The highest BCUT2D eigenvalue weighted by Gasteiger charge is 2.41. The van der Waals surface area contributed by atoms with Crippen LogP contribution in [0.5, 0.6) is 0 Å². The molecule has 1 aromatic heterocycles. The lowest BCUT2D eigenvalue weighted by atomic mass is 10.0. The van der Waals surface area contributed by atoms with Gasteiger partial charge in [0.05, 0.1) is 9.21 Å². The van der Waals surface area contributed by atoms with Crippen molar-refractivity contribution in [1.82, 2.24) is 5.32 Å². The van der Waals surface area contributed by atoms with Crippen molar-refractivity contribution in [1.29, 1.82) is 0 Å². The lowest BCUT2D eigenvalue weighted by Crippen LogP contribution is -2.29. The molecule has 0 spiro atoms. The van der Waals surface area contributed by atoms with Gasteiger partial charge < -0.3 is 5.32 Å². The Bertz CT molecular complexity index is 389. The quantitative estimate of drug-likeness (QED) is 0.823. The second kappa shape index (κ2) is 5.07. The summed E-state index contributed by atoms with van der Waals surface area (Å²) in [6, 6.07) is 3.53. The van der Waals surface area contributed by atoms with E-state index >= 15 is 0 Å². The summed E-state index contributed by atoms with van der Waals surface area (Å²) in [6.45, 7) is 0.785. The fourth-order valence-electron chi connectivity index (χ4n) is 1.68. The lowest BCUT2D eigenvalue weighted by molar-refractivity contribution is 0.0948. The Kier molecular flexibility index (Phi) is 3.93. The number of alkyl halides is 1. The van der Waals surface area contributed by atoms with Crippen LogP contribution in [-0.4, -0.2) is 17.8 Å². The number of hydrogen-bond acceptors (Lipinski definition) is 2. The Morgan fingerprint density at radius 1 is 1.56 bits per heavy atom. The molecule has 1 fully saturated rings. The van der Waals surface area contributed by atoms with Gasteiger partial charge in [-0.3, -0.25) is 4.79 Å². The maximum atomic E-state index is 11.8. The van der Waals surface area contributed by atoms with E-state index in [1.807, 2.05) is 0 Å². The minimum atomic E-state index is -0.00209. The number of thiophene rings is 1. The van der Waals surface area contributed by atoms with Gasteiger partial charge in [0.15, 0.2) is 0 Å². The molecule has 5 heteroatoms. The third-order valence-corrected chi connectivity index (χ3v) is 4.63. The van der Waals surface area contributed by atoms with Crippen molar-refractivity contribution >= 4 is 44.8 Å². The summed E-state index contributed by atoms with van der Waals surface area (Å²) in [5.74, 6) is -0.00209. The lowest BCUT2D eigenvalue weighted by Gasteiger charge is -2.13. The van der Waals surface area contributed by atoms with Gasteiger partial charge in [0.2, 0.25) is 0 Å². The zero-order valence-corrected chi connectivity index (χ0v) is 11.9. The van der Waals surface area contributed by atoms with Crippen molar-refractivity contribution in [2.24, 2.45) is 5.41 Å². The molecule has 1 N–H and O–H groups in total. The third kappa shape index (κ3) is 2.99. The van der Waals surface area contributed by atoms with E-state index in [9.17, 15) is 4.79 Å². The number of carbonyl (C=O) groups is 1. The monoisotopic (exact) mass is 321 g/mol. The topological polar surface area (TPSA) is 29.1 Å². The molecule has 1 amide bonds. The second-order valence-electron chi connectivity index (χ2n) is 4.23. The van der Waals surface area contributed by atoms with Gasteiger partial charge in [-0.1, -0.05) is 27.5 Å². The molecular formula is C11H13BrClNOS.